The van der Waals surface area contributed by atoms with Gasteiger partial charge in [0.25, 0.3) is 0 Å². The standard InChI is InChI=1S/C15H18N4/c1-11(6-16)7-17-8-14-10-19-9-13(12-2-3-12)4-5-15(19)18-14/h4-7,9-10,12H,2-3,8,16H2,1H3/b11-6-,17-7?. The first-order valence-electron chi connectivity index (χ1n) is 6.62. The lowest BCUT2D eigenvalue weighted by molar-refractivity contribution is 1.02. The summed E-state index contributed by atoms with van der Waals surface area (Å²) in [5.74, 6) is 0.769. The van der Waals surface area contributed by atoms with Crippen LogP contribution < -0.4 is 5.73 Å². The summed E-state index contributed by atoms with van der Waals surface area (Å²) < 4.78 is 2.10. The van der Waals surface area contributed by atoms with Gasteiger partial charge in [-0.1, -0.05) is 6.07 Å². The minimum Gasteiger partial charge on any atom is -0.404 e. The number of aromatic nitrogens is 2. The number of hydrogen-bond acceptors (Lipinski definition) is 3. The summed E-state index contributed by atoms with van der Waals surface area (Å²) in [7, 11) is 0. The Morgan fingerprint density at radius 2 is 2.32 bits per heavy atom. The molecule has 2 N–H and O–H groups in total. The summed E-state index contributed by atoms with van der Waals surface area (Å²) in [6.07, 6.45) is 10.2. The van der Waals surface area contributed by atoms with Crippen molar-refractivity contribution in [2.75, 3.05) is 0 Å². The largest absolute Gasteiger partial charge is 0.404 e. The van der Waals surface area contributed by atoms with Gasteiger partial charge in [0.05, 0.1) is 12.2 Å². The fourth-order valence-corrected chi connectivity index (χ4v) is 2.12. The second-order valence-electron chi connectivity index (χ2n) is 5.11. The zero-order valence-corrected chi connectivity index (χ0v) is 11.1. The number of nitrogens with two attached hydrogens (primary N) is 1. The average Bonchev–Trinajstić information content (AvgIpc) is 3.18. The summed E-state index contributed by atoms with van der Waals surface area (Å²) in [5, 5.41) is 0. The maximum Gasteiger partial charge on any atom is 0.137 e. The molecule has 0 amide bonds. The first-order valence-corrected chi connectivity index (χ1v) is 6.62. The number of nitrogens with zero attached hydrogens (tertiary/aromatic N) is 3. The first-order chi connectivity index (χ1) is 9.26. The maximum absolute atomic E-state index is 5.39. The molecule has 4 nitrogen and oxygen atoms in total. The van der Waals surface area contributed by atoms with Gasteiger partial charge in [-0.2, -0.15) is 0 Å². The molecular weight excluding hydrogens is 236 g/mol. The molecule has 19 heavy (non-hydrogen) atoms. The summed E-state index contributed by atoms with van der Waals surface area (Å²) in [5.41, 5.74) is 9.73. The Morgan fingerprint density at radius 1 is 1.47 bits per heavy atom. The van der Waals surface area contributed by atoms with Gasteiger partial charge < -0.3 is 10.1 Å². The molecule has 0 unspecified atom stereocenters. The fraction of sp³-hybridized carbons (Fsp3) is 0.333. The van der Waals surface area contributed by atoms with Crippen molar-refractivity contribution in [2.45, 2.75) is 32.2 Å². The van der Waals surface area contributed by atoms with E-state index in [9.17, 15) is 0 Å². The van der Waals surface area contributed by atoms with Gasteiger partial charge in [-0.25, -0.2) is 4.98 Å². The predicted molar refractivity (Wildman–Crippen MR) is 77.3 cm³/mol. The maximum atomic E-state index is 5.39. The SMILES string of the molecule is C/C(C=NCc1cn2cc(C3CC3)ccc2n1)=C/N. The lowest BCUT2D eigenvalue weighted by Gasteiger charge is -1.98. The smallest absolute Gasteiger partial charge is 0.137 e. The molecule has 2 aromatic rings. The van der Waals surface area contributed by atoms with Gasteiger partial charge in [0.1, 0.15) is 5.65 Å². The van der Waals surface area contributed by atoms with Crippen molar-refractivity contribution < 1.29 is 0 Å². The normalized spacial score (nSPS) is 16.6. The number of pyridine rings is 1. The van der Waals surface area contributed by atoms with Crippen molar-refractivity contribution in [2.24, 2.45) is 10.7 Å². The summed E-state index contributed by atoms with van der Waals surface area (Å²) in [6, 6.07) is 4.28. The minimum atomic E-state index is 0.589. The molecule has 2 aromatic heterocycles. The van der Waals surface area contributed by atoms with Gasteiger partial charge in [-0.15, -0.1) is 0 Å². The molecule has 1 aliphatic rings. The Labute approximate surface area is 112 Å². The van der Waals surface area contributed by atoms with Crippen LogP contribution in [-0.2, 0) is 6.54 Å². The zero-order chi connectivity index (χ0) is 13.2. The predicted octanol–water partition coefficient (Wildman–Crippen LogP) is 2.64. The van der Waals surface area contributed by atoms with E-state index < -0.39 is 0 Å². The molecule has 0 bridgehead atoms. The number of fused-ring (bicyclic) bond motifs is 1. The quantitative estimate of drug-likeness (QED) is 0.853. The molecule has 0 atom stereocenters. The third-order valence-corrected chi connectivity index (χ3v) is 3.38. The van der Waals surface area contributed by atoms with E-state index in [1.54, 1.807) is 12.4 Å². The Hall–Kier alpha value is -2.10. The topological polar surface area (TPSA) is 55.7 Å². The molecule has 0 radical (unpaired) electrons. The summed E-state index contributed by atoms with van der Waals surface area (Å²) in [4.78, 5) is 8.88. The minimum absolute atomic E-state index is 0.589. The van der Waals surface area contributed by atoms with Crippen LogP contribution in [0.2, 0.25) is 0 Å². The highest BCUT2D eigenvalue weighted by atomic mass is 15.0. The van der Waals surface area contributed by atoms with Crippen molar-refractivity contribution >= 4 is 11.9 Å². The van der Waals surface area contributed by atoms with Crippen LogP contribution >= 0.6 is 0 Å². The molecule has 0 aliphatic heterocycles. The second-order valence-corrected chi connectivity index (χ2v) is 5.11. The van der Waals surface area contributed by atoms with E-state index in [1.807, 2.05) is 6.92 Å². The van der Waals surface area contributed by atoms with Gasteiger partial charge in [0.15, 0.2) is 0 Å². The van der Waals surface area contributed by atoms with E-state index in [-0.39, 0.29) is 0 Å². The van der Waals surface area contributed by atoms with Crippen molar-refractivity contribution in [1.82, 2.24) is 9.38 Å². The van der Waals surface area contributed by atoms with Crippen LogP contribution in [0.4, 0.5) is 0 Å². The number of hydrogen-bond donors (Lipinski definition) is 1. The van der Waals surface area contributed by atoms with Gasteiger partial charge in [-0.3, -0.25) is 4.99 Å². The van der Waals surface area contributed by atoms with Crippen LogP contribution in [0.15, 0.2) is 41.3 Å². The molecule has 0 saturated heterocycles. The highest BCUT2D eigenvalue weighted by molar-refractivity contribution is 5.77. The molecule has 0 spiro atoms. The molecular formula is C15H18N4. The van der Waals surface area contributed by atoms with Crippen LogP contribution in [0.5, 0.6) is 0 Å². The molecule has 0 aromatic carbocycles. The van der Waals surface area contributed by atoms with Crippen molar-refractivity contribution in [1.29, 1.82) is 0 Å². The molecule has 2 heterocycles. The molecule has 1 aliphatic carbocycles. The number of aliphatic imine (C=N–C) groups is 1. The van der Waals surface area contributed by atoms with Crippen LogP contribution in [0.25, 0.3) is 5.65 Å². The number of allylic oxidation sites excluding steroid dienone is 1. The average molecular weight is 254 g/mol. The Bertz CT molecular complexity index is 647. The van der Waals surface area contributed by atoms with E-state index >= 15 is 0 Å². The van der Waals surface area contributed by atoms with Crippen molar-refractivity contribution in [3.05, 3.63) is 47.6 Å². The Kier molecular flexibility index (Phi) is 3.07. The number of rotatable bonds is 4. The van der Waals surface area contributed by atoms with E-state index in [1.165, 1.54) is 18.4 Å². The van der Waals surface area contributed by atoms with E-state index in [2.05, 4.69) is 38.9 Å². The lowest BCUT2D eigenvalue weighted by Crippen LogP contribution is -1.87. The molecule has 4 heteroatoms. The van der Waals surface area contributed by atoms with Gasteiger partial charge >= 0.3 is 0 Å². The van der Waals surface area contributed by atoms with E-state index in [4.69, 9.17) is 5.73 Å². The van der Waals surface area contributed by atoms with Gasteiger partial charge in [0.2, 0.25) is 0 Å². The van der Waals surface area contributed by atoms with Crippen LogP contribution in [-0.4, -0.2) is 15.6 Å². The molecule has 1 fully saturated rings. The zero-order valence-electron chi connectivity index (χ0n) is 11.1. The van der Waals surface area contributed by atoms with Crippen LogP contribution in [0, 0.1) is 0 Å². The van der Waals surface area contributed by atoms with Gasteiger partial charge in [0, 0.05) is 18.6 Å². The molecule has 1 saturated carbocycles. The Morgan fingerprint density at radius 3 is 3.05 bits per heavy atom. The fourth-order valence-electron chi connectivity index (χ4n) is 2.12. The first kappa shape index (κ1) is 12.0. The third kappa shape index (κ3) is 2.67. The van der Waals surface area contributed by atoms with E-state index in [0.717, 1.165) is 22.8 Å². The highest BCUT2D eigenvalue weighted by Crippen LogP contribution is 2.39. The van der Waals surface area contributed by atoms with Crippen LogP contribution in [0.3, 0.4) is 0 Å². The van der Waals surface area contributed by atoms with Crippen molar-refractivity contribution in [3.63, 3.8) is 0 Å². The van der Waals surface area contributed by atoms with Crippen molar-refractivity contribution in [3.8, 4) is 0 Å². The molecule has 98 valence electrons. The van der Waals surface area contributed by atoms with E-state index in [0.29, 0.717) is 6.54 Å². The third-order valence-electron chi connectivity index (χ3n) is 3.38. The van der Waals surface area contributed by atoms with Crippen LogP contribution in [0.1, 0.15) is 36.9 Å². The summed E-state index contributed by atoms with van der Waals surface area (Å²) in [6.45, 7) is 2.51. The van der Waals surface area contributed by atoms with Gasteiger partial charge in [-0.05, 0) is 49.1 Å². The monoisotopic (exact) mass is 254 g/mol. The summed E-state index contributed by atoms with van der Waals surface area (Å²) >= 11 is 0. The Balaban J connectivity index is 1.79. The number of imidazole rings is 1. The lowest BCUT2D eigenvalue weighted by atomic mass is 10.2. The second kappa shape index (κ2) is 4.88. The highest BCUT2D eigenvalue weighted by Gasteiger charge is 2.23. The molecule has 3 rings (SSSR count).